The first-order chi connectivity index (χ1) is 7.70. The van der Waals surface area contributed by atoms with E-state index in [-0.39, 0.29) is 11.9 Å². The van der Waals surface area contributed by atoms with Crippen LogP contribution in [-0.2, 0) is 0 Å². The number of rotatable bonds is 2. The van der Waals surface area contributed by atoms with Crippen LogP contribution in [0.5, 0.6) is 5.75 Å². The van der Waals surface area contributed by atoms with Crippen molar-refractivity contribution in [3.05, 3.63) is 24.3 Å². The number of anilines is 2. The largest absolute Gasteiger partial charge is 0.496 e. The third kappa shape index (κ3) is 1.85. The average molecular weight is 217 g/mol. The Kier molecular flexibility index (Phi) is 2.55. The molecule has 0 unspecified atom stereocenters. The number of methoxy groups -OCH3 is 1. The molecule has 0 saturated carbocycles. The van der Waals surface area contributed by atoms with E-state index in [0.717, 1.165) is 5.56 Å². The van der Waals surface area contributed by atoms with Gasteiger partial charge in [-0.05, 0) is 12.1 Å². The van der Waals surface area contributed by atoms with Crippen LogP contribution in [0.4, 0.5) is 11.9 Å². The van der Waals surface area contributed by atoms with Gasteiger partial charge in [0, 0.05) is 0 Å². The van der Waals surface area contributed by atoms with Gasteiger partial charge >= 0.3 is 0 Å². The molecule has 1 aromatic heterocycles. The highest BCUT2D eigenvalue weighted by Gasteiger charge is 2.09. The minimum absolute atomic E-state index is 0.0911. The molecule has 0 bridgehead atoms. The molecular formula is C10H11N5O. The van der Waals surface area contributed by atoms with Gasteiger partial charge in [-0.3, -0.25) is 0 Å². The minimum Gasteiger partial charge on any atom is -0.496 e. The number of aromatic nitrogens is 3. The normalized spacial score (nSPS) is 10.1. The van der Waals surface area contributed by atoms with Crippen molar-refractivity contribution in [3.8, 4) is 17.1 Å². The highest BCUT2D eigenvalue weighted by molar-refractivity contribution is 5.65. The van der Waals surface area contributed by atoms with Crippen LogP contribution in [0, 0.1) is 0 Å². The summed E-state index contributed by atoms with van der Waals surface area (Å²) < 4.78 is 5.20. The van der Waals surface area contributed by atoms with Gasteiger partial charge in [-0.2, -0.15) is 15.0 Å². The molecule has 2 rings (SSSR count). The molecule has 0 aliphatic heterocycles. The van der Waals surface area contributed by atoms with Gasteiger partial charge in [0.05, 0.1) is 12.7 Å². The molecular weight excluding hydrogens is 206 g/mol. The first-order valence-corrected chi connectivity index (χ1v) is 4.61. The Morgan fingerprint density at radius 1 is 1.00 bits per heavy atom. The molecule has 0 saturated heterocycles. The number of ether oxygens (including phenoxy) is 1. The van der Waals surface area contributed by atoms with Crippen molar-refractivity contribution in [1.82, 2.24) is 15.0 Å². The van der Waals surface area contributed by atoms with Crippen LogP contribution in [0.1, 0.15) is 0 Å². The number of nitrogen functional groups attached to an aromatic ring is 2. The monoisotopic (exact) mass is 217 g/mol. The highest BCUT2D eigenvalue weighted by Crippen LogP contribution is 2.26. The lowest BCUT2D eigenvalue weighted by Gasteiger charge is -2.07. The van der Waals surface area contributed by atoms with Crippen molar-refractivity contribution < 1.29 is 4.74 Å². The Bertz CT molecular complexity index is 494. The molecule has 0 spiro atoms. The molecule has 2 aromatic rings. The highest BCUT2D eigenvalue weighted by atomic mass is 16.5. The van der Waals surface area contributed by atoms with Crippen LogP contribution in [0.25, 0.3) is 11.4 Å². The molecule has 0 amide bonds. The maximum Gasteiger partial charge on any atom is 0.225 e. The molecule has 0 aliphatic carbocycles. The van der Waals surface area contributed by atoms with Gasteiger partial charge in [0.25, 0.3) is 0 Å². The lowest BCUT2D eigenvalue weighted by Crippen LogP contribution is -2.04. The Balaban J connectivity index is 2.58. The van der Waals surface area contributed by atoms with E-state index in [2.05, 4.69) is 15.0 Å². The molecule has 1 aromatic carbocycles. The van der Waals surface area contributed by atoms with E-state index >= 15 is 0 Å². The summed E-state index contributed by atoms with van der Waals surface area (Å²) in [5.74, 6) is 1.25. The van der Waals surface area contributed by atoms with Crippen LogP contribution in [0.2, 0.25) is 0 Å². The molecule has 16 heavy (non-hydrogen) atoms. The summed E-state index contributed by atoms with van der Waals surface area (Å²) in [6.07, 6.45) is 0. The summed E-state index contributed by atoms with van der Waals surface area (Å²) in [6, 6.07) is 7.35. The van der Waals surface area contributed by atoms with Gasteiger partial charge in [0.1, 0.15) is 5.75 Å². The van der Waals surface area contributed by atoms with Crippen LogP contribution in [-0.4, -0.2) is 22.1 Å². The fraction of sp³-hybridized carbons (Fsp3) is 0.100. The molecule has 82 valence electrons. The van der Waals surface area contributed by atoms with E-state index in [0.29, 0.717) is 11.6 Å². The number of hydrogen-bond donors (Lipinski definition) is 2. The second kappa shape index (κ2) is 4.01. The van der Waals surface area contributed by atoms with Gasteiger partial charge in [-0.15, -0.1) is 0 Å². The summed E-state index contributed by atoms with van der Waals surface area (Å²) in [4.78, 5) is 11.7. The first kappa shape index (κ1) is 10.2. The zero-order chi connectivity index (χ0) is 11.5. The number of benzene rings is 1. The van der Waals surface area contributed by atoms with Crippen molar-refractivity contribution in [1.29, 1.82) is 0 Å². The van der Waals surface area contributed by atoms with E-state index in [1.807, 2.05) is 24.3 Å². The van der Waals surface area contributed by atoms with Gasteiger partial charge in [0.2, 0.25) is 11.9 Å². The molecule has 0 radical (unpaired) electrons. The number of hydrogen-bond acceptors (Lipinski definition) is 6. The Hall–Kier alpha value is -2.37. The molecule has 0 atom stereocenters. The third-order valence-electron chi connectivity index (χ3n) is 2.02. The van der Waals surface area contributed by atoms with Gasteiger partial charge in [0.15, 0.2) is 5.82 Å². The standard InChI is InChI=1S/C10H11N5O/c1-16-7-5-3-2-4-6(7)8-13-9(11)15-10(12)14-8/h2-5H,1H3,(H4,11,12,13,14,15). The summed E-state index contributed by atoms with van der Waals surface area (Å²) in [6.45, 7) is 0. The second-order valence-electron chi connectivity index (χ2n) is 3.08. The molecule has 0 aliphatic rings. The molecule has 6 nitrogen and oxygen atoms in total. The average Bonchev–Trinajstić information content (AvgIpc) is 2.27. The summed E-state index contributed by atoms with van der Waals surface area (Å²) in [5.41, 5.74) is 11.7. The van der Waals surface area contributed by atoms with Crippen LogP contribution < -0.4 is 16.2 Å². The number of para-hydroxylation sites is 1. The topological polar surface area (TPSA) is 99.9 Å². The van der Waals surface area contributed by atoms with Crippen molar-refractivity contribution in [3.63, 3.8) is 0 Å². The Morgan fingerprint density at radius 2 is 1.62 bits per heavy atom. The summed E-state index contributed by atoms with van der Waals surface area (Å²) in [7, 11) is 1.58. The van der Waals surface area contributed by atoms with E-state index in [1.54, 1.807) is 7.11 Å². The third-order valence-corrected chi connectivity index (χ3v) is 2.02. The lowest BCUT2D eigenvalue weighted by atomic mass is 10.2. The van der Waals surface area contributed by atoms with Crippen LogP contribution in [0.15, 0.2) is 24.3 Å². The summed E-state index contributed by atoms with van der Waals surface area (Å²) >= 11 is 0. The predicted molar refractivity (Wildman–Crippen MR) is 60.6 cm³/mol. The first-order valence-electron chi connectivity index (χ1n) is 4.61. The minimum atomic E-state index is 0.0911. The van der Waals surface area contributed by atoms with Crippen molar-refractivity contribution in [2.45, 2.75) is 0 Å². The second-order valence-corrected chi connectivity index (χ2v) is 3.08. The SMILES string of the molecule is COc1ccccc1-c1nc(N)nc(N)n1. The lowest BCUT2D eigenvalue weighted by molar-refractivity contribution is 0.416. The zero-order valence-corrected chi connectivity index (χ0v) is 8.71. The quantitative estimate of drug-likeness (QED) is 0.768. The number of nitrogens with zero attached hydrogens (tertiary/aromatic N) is 3. The maximum atomic E-state index is 5.51. The van der Waals surface area contributed by atoms with E-state index in [9.17, 15) is 0 Å². The van der Waals surface area contributed by atoms with Crippen molar-refractivity contribution in [2.75, 3.05) is 18.6 Å². The molecule has 6 heteroatoms. The smallest absolute Gasteiger partial charge is 0.225 e. The zero-order valence-electron chi connectivity index (χ0n) is 8.71. The van der Waals surface area contributed by atoms with Gasteiger partial charge in [-0.25, -0.2) is 0 Å². The van der Waals surface area contributed by atoms with E-state index in [4.69, 9.17) is 16.2 Å². The van der Waals surface area contributed by atoms with Gasteiger partial charge < -0.3 is 16.2 Å². The molecule has 4 N–H and O–H groups in total. The molecule has 1 heterocycles. The number of nitrogens with two attached hydrogens (primary N) is 2. The van der Waals surface area contributed by atoms with Crippen LogP contribution >= 0.6 is 0 Å². The predicted octanol–water partition coefficient (Wildman–Crippen LogP) is 0.712. The van der Waals surface area contributed by atoms with E-state index < -0.39 is 0 Å². The van der Waals surface area contributed by atoms with Crippen molar-refractivity contribution >= 4 is 11.9 Å². The van der Waals surface area contributed by atoms with Crippen LogP contribution in [0.3, 0.4) is 0 Å². The fourth-order valence-electron chi connectivity index (χ4n) is 1.36. The maximum absolute atomic E-state index is 5.51. The Labute approximate surface area is 92.3 Å². The molecule has 0 fully saturated rings. The van der Waals surface area contributed by atoms with Crippen molar-refractivity contribution in [2.24, 2.45) is 0 Å². The van der Waals surface area contributed by atoms with E-state index in [1.165, 1.54) is 0 Å². The fourth-order valence-corrected chi connectivity index (χ4v) is 1.36. The van der Waals surface area contributed by atoms with Gasteiger partial charge in [-0.1, -0.05) is 12.1 Å². The summed E-state index contributed by atoms with van der Waals surface area (Å²) in [5, 5.41) is 0. The Morgan fingerprint density at radius 3 is 2.25 bits per heavy atom.